The van der Waals surface area contributed by atoms with Crippen molar-refractivity contribution in [3.05, 3.63) is 48.5 Å². The van der Waals surface area contributed by atoms with Gasteiger partial charge in [0.2, 0.25) is 10.0 Å². The molecule has 1 aromatic carbocycles. The Morgan fingerprint density at radius 2 is 1.93 bits per heavy atom. The van der Waals surface area contributed by atoms with Crippen molar-refractivity contribution >= 4 is 15.9 Å². The highest BCUT2D eigenvalue weighted by Crippen LogP contribution is 2.26. The fourth-order valence-electron chi connectivity index (χ4n) is 3.65. The minimum atomic E-state index is -3.55. The molecular formula is C20H28N4O3S. The molecule has 0 radical (unpaired) electrons. The molecular weight excluding hydrogens is 376 g/mol. The van der Waals surface area contributed by atoms with Gasteiger partial charge in [-0.1, -0.05) is 19.3 Å². The summed E-state index contributed by atoms with van der Waals surface area (Å²) in [4.78, 5) is 16.6. The molecule has 2 aromatic rings. The molecule has 0 bridgehead atoms. The maximum atomic E-state index is 12.9. The zero-order valence-electron chi connectivity index (χ0n) is 16.4. The van der Waals surface area contributed by atoms with E-state index in [1.165, 1.54) is 22.9 Å². The summed E-state index contributed by atoms with van der Waals surface area (Å²) in [5, 5.41) is 2.92. The molecule has 1 atom stereocenters. The second kappa shape index (κ2) is 8.87. The molecule has 7 nitrogen and oxygen atoms in total. The van der Waals surface area contributed by atoms with Crippen LogP contribution in [0.15, 0.2) is 47.9 Å². The van der Waals surface area contributed by atoms with Crippen LogP contribution in [0.25, 0.3) is 0 Å². The van der Waals surface area contributed by atoms with Crippen LogP contribution in [-0.4, -0.2) is 47.3 Å². The summed E-state index contributed by atoms with van der Waals surface area (Å²) in [6, 6.07) is 6.16. The number of amides is 1. The Morgan fingerprint density at radius 1 is 1.25 bits per heavy atom. The van der Waals surface area contributed by atoms with Crippen molar-refractivity contribution in [1.82, 2.24) is 19.2 Å². The van der Waals surface area contributed by atoms with Gasteiger partial charge in [-0.15, -0.1) is 0 Å². The fourth-order valence-corrected chi connectivity index (χ4v) is 5.07. The van der Waals surface area contributed by atoms with Gasteiger partial charge in [0.05, 0.1) is 11.2 Å². The summed E-state index contributed by atoms with van der Waals surface area (Å²) in [5.74, 6) is -0.225. The minimum absolute atomic E-state index is 0.0609. The van der Waals surface area contributed by atoms with Gasteiger partial charge in [-0.3, -0.25) is 4.79 Å². The number of rotatable bonds is 7. The summed E-state index contributed by atoms with van der Waals surface area (Å²) in [5.41, 5.74) is 0.441. The summed E-state index contributed by atoms with van der Waals surface area (Å²) in [6.07, 6.45) is 10.4. The van der Waals surface area contributed by atoms with Gasteiger partial charge in [0.15, 0.2) is 0 Å². The van der Waals surface area contributed by atoms with E-state index in [0.717, 1.165) is 25.7 Å². The van der Waals surface area contributed by atoms with Gasteiger partial charge in [0.1, 0.15) is 0 Å². The molecule has 1 N–H and O–H groups in total. The van der Waals surface area contributed by atoms with Crippen LogP contribution in [0.5, 0.6) is 0 Å². The predicted octanol–water partition coefficient (Wildman–Crippen LogP) is 2.65. The molecule has 28 heavy (non-hydrogen) atoms. The second-order valence-electron chi connectivity index (χ2n) is 7.47. The van der Waals surface area contributed by atoms with E-state index in [2.05, 4.69) is 10.3 Å². The summed E-state index contributed by atoms with van der Waals surface area (Å²) in [6.45, 7) is 2.53. The zero-order valence-corrected chi connectivity index (χ0v) is 17.2. The Morgan fingerprint density at radius 3 is 2.54 bits per heavy atom. The van der Waals surface area contributed by atoms with Gasteiger partial charge in [0.25, 0.3) is 5.91 Å². The number of carbonyl (C=O) groups excluding carboxylic acids is 1. The molecule has 1 aliphatic rings. The van der Waals surface area contributed by atoms with E-state index in [0.29, 0.717) is 12.1 Å². The molecule has 1 saturated carbocycles. The Hall–Kier alpha value is -2.19. The third-order valence-corrected chi connectivity index (χ3v) is 7.23. The molecule has 1 aliphatic carbocycles. The Balaban J connectivity index is 1.64. The maximum absolute atomic E-state index is 12.9. The van der Waals surface area contributed by atoms with Gasteiger partial charge in [-0.05, 0) is 44.0 Å². The number of sulfonamides is 1. The van der Waals surface area contributed by atoms with Crippen LogP contribution in [0.4, 0.5) is 0 Å². The van der Waals surface area contributed by atoms with Crippen LogP contribution >= 0.6 is 0 Å². The topological polar surface area (TPSA) is 84.3 Å². The number of carbonyl (C=O) groups is 1. The highest BCUT2D eigenvalue weighted by atomic mass is 32.2. The number of hydrogen-bond donors (Lipinski definition) is 1. The maximum Gasteiger partial charge on any atom is 0.251 e. The van der Waals surface area contributed by atoms with E-state index >= 15 is 0 Å². The lowest BCUT2D eigenvalue weighted by Gasteiger charge is -2.30. The standard InChI is InChI=1S/C20H28N4O3S/c1-16(14-24-13-12-21-15-24)22-20(25)17-8-10-19(11-9-17)28(26,27)23(2)18-6-4-3-5-7-18/h8-13,15-16,18H,3-7,14H2,1-2H3,(H,22,25). The average molecular weight is 405 g/mol. The first-order valence-electron chi connectivity index (χ1n) is 9.72. The molecule has 152 valence electrons. The first kappa shape index (κ1) is 20.5. The number of benzene rings is 1. The number of hydrogen-bond acceptors (Lipinski definition) is 4. The highest BCUT2D eigenvalue weighted by molar-refractivity contribution is 7.89. The monoisotopic (exact) mass is 404 g/mol. The summed E-state index contributed by atoms with van der Waals surface area (Å²) >= 11 is 0. The first-order chi connectivity index (χ1) is 13.4. The van der Waals surface area contributed by atoms with Crippen molar-refractivity contribution in [2.45, 2.75) is 62.6 Å². The van der Waals surface area contributed by atoms with Crippen molar-refractivity contribution in [3.63, 3.8) is 0 Å². The van der Waals surface area contributed by atoms with Gasteiger partial charge in [0, 0.05) is 43.6 Å². The lowest BCUT2D eigenvalue weighted by molar-refractivity contribution is 0.0936. The van der Waals surface area contributed by atoms with E-state index in [1.807, 2.05) is 17.7 Å². The van der Waals surface area contributed by atoms with Crippen molar-refractivity contribution in [2.24, 2.45) is 0 Å². The van der Waals surface area contributed by atoms with E-state index in [1.54, 1.807) is 31.7 Å². The highest BCUT2D eigenvalue weighted by Gasteiger charge is 2.29. The number of aromatic nitrogens is 2. The smallest absolute Gasteiger partial charge is 0.251 e. The molecule has 3 rings (SSSR count). The minimum Gasteiger partial charge on any atom is -0.348 e. The molecule has 1 fully saturated rings. The molecule has 0 aliphatic heterocycles. The zero-order chi connectivity index (χ0) is 20.1. The fraction of sp³-hybridized carbons (Fsp3) is 0.500. The van der Waals surface area contributed by atoms with Gasteiger partial charge >= 0.3 is 0 Å². The van der Waals surface area contributed by atoms with E-state index < -0.39 is 10.0 Å². The summed E-state index contributed by atoms with van der Waals surface area (Å²) < 4.78 is 29.2. The van der Waals surface area contributed by atoms with Crippen LogP contribution in [0.3, 0.4) is 0 Å². The van der Waals surface area contributed by atoms with Crippen LogP contribution in [0, 0.1) is 0 Å². The number of imidazole rings is 1. The van der Waals surface area contributed by atoms with E-state index in [9.17, 15) is 13.2 Å². The largest absolute Gasteiger partial charge is 0.348 e. The van der Waals surface area contributed by atoms with Crippen LogP contribution in [0.1, 0.15) is 49.4 Å². The molecule has 0 saturated heterocycles. The van der Waals surface area contributed by atoms with Gasteiger partial charge in [-0.25, -0.2) is 13.4 Å². The third kappa shape index (κ3) is 4.80. The van der Waals surface area contributed by atoms with Crippen molar-refractivity contribution in [3.8, 4) is 0 Å². The number of nitrogens with zero attached hydrogens (tertiary/aromatic N) is 3. The number of nitrogens with one attached hydrogen (secondary N) is 1. The van der Waals surface area contributed by atoms with Crippen molar-refractivity contribution in [1.29, 1.82) is 0 Å². The van der Waals surface area contributed by atoms with Crippen LogP contribution in [0.2, 0.25) is 0 Å². The lowest BCUT2D eigenvalue weighted by Crippen LogP contribution is -2.38. The normalized spacial score (nSPS) is 16.8. The van der Waals surface area contributed by atoms with E-state index in [4.69, 9.17) is 0 Å². The molecule has 1 aromatic heterocycles. The Labute approximate surface area is 166 Å². The van der Waals surface area contributed by atoms with Crippen LogP contribution in [-0.2, 0) is 16.6 Å². The first-order valence-corrected chi connectivity index (χ1v) is 11.2. The third-order valence-electron chi connectivity index (χ3n) is 5.30. The van der Waals surface area contributed by atoms with Crippen LogP contribution < -0.4 is 5.32 Å². The average Bonchev–Trinajstić information content (AvgIpc) is 3.21. The molecule has 0 spiro atoms. The van der Waals surface area contributed by atoms with Crippen molar-refractivity contribution < 1.29 is 13.2 Å². The van der Waals surface area contributed by atoms with Crippen molar-refractivity contribution in [2.75, 3.05) is 7.05 Å². The predicted molar refractivity (Wildman–Crippen MR) is 107 cm³/mol. The summed E-state index contributed by atoms with van der Waals surface area (Å²) in [7, 11) is -1.89. The Kier molecular flexibility index (Phi) is 6.51. The van der Waals surface area contributed by atoms with E-state index in [-0.39, 0.29) is 22.9 Å². The van der Waals surface area contributed by atoms with Gasteiger partial charge in [-0.2, -0.15) is 4.31 Å². The molecule has 1 heterocycles. The molecule has 1 unspecified atom stereocenters. The Bertz CT molecular complexity index is 873. The molecule has 1 amide bonds. The lowest BCUT2D eigenvalue weighted by atomic mass is 9.96. The second-order valence-corrected chi connectivity index (χ2v) is 9.47. The van der Waals surface area contributed by atoms with Gasteiger partial charge < -0.3 is 9.88 Å². The molecule has 8 heteroatoms. The SMILES string of the molecule is CC(Cn1ccnc1)NC(=O)c1ccc(S(=O)(=O)N(C)C2CCCCC2)cc1. The quantitative estimate of drug-likeness (QED) is 0.769.